The Morgan fingerprint density at radius 2 is 1.55 bits per heavy atom. The number of nitrogens with one attached hydrogen (secondary N) is 1. The molecule has 1 aromatic heterocycles. The Labute approximate surface area is 227 Å². The van der Waals surface area contributed by atoms with Gasteiger partial charge in [0.2, 0.25) is 5.91 Å². The topological polar surface area (TPSA) is 79.3 Å². The lowest BCUT2D eigenvalue weighted by Gasteiger charge is -2.25. The largest absolute Gasteiger partial charge is 0.481 e. The lowest BCUT2D eigenvalue weighted by Crippen LogP contribution is -2.34. The zero-order valence-electron chi connectivity index (χ0n) is 22.7. The van der Waals surface area contributed by atoms with Gasteiger partial charge in [-0.05, 0) is 80.0 Å². The number of aromatic nitrogens is 1. The quantitative estimate of drug-likeness (QED) is 0.203. The number of nitrogens with zero attached hydrogens (tertiary/aromatic N) is 1. The van der Waals surface area contributed by atoms with Gasteiger partial charge in [-0.2, -0.15) is 0 Å². The Morgan fingerprint density at radius 3 is 2.26 bits per heavy atom. The third kappa shape index (κ3) is 8.98. The number of hydrogen-bond donors (Lipinski definition) is 2. The van der Waals surface area contributed by atoms with E-state index in [4.69, 9.17) is 4.98 Å². The van der Waals surface area contributed by atoms with E-state index < -0.39 is 11.4 Å². The van der Waals surface area contributed by atoms with E-state index in [0.717, 1.165) is 36.2 Å². The molecule has 0 aliphatic heterocycles. The molecular weight excluding hydrogens is 472 g/mol. The predicted molar refractivity (Wildman–Crippen MR) is 156 cm³/mol. The summed E-state index contributed by atoms with van der Waals surface area (Å²) in [6.07, 6.45) is 11.6. The van der Waals surface area contributed by atoms with Gasteiger partial charge in [0.05, 0.1) is 11.1 Å². The van der Waals surface area contributed by atoms with Gasteiger partial charge in [-0.15, -0.1) is 0 Å². The summed E-state index contributed by atoms with van der Waals surface area (Å²) in [6.45, 7) is 3.62. The molecule has 38 heavy (non-hydrogen) atoms. The summed E-state index contributed by atoms with van der Waals surface area (Å²) in [5.41, 5.74) is 3.97. The number of carbonyl (C=O) groups is 2. The summed E-state index contributed by atoms with van der Waals surface area (Å²) in [7, 11) is 0. The van der Waals surface area contributed by atoms with Gasteiger partial charge in [0.15, 0.2) is 0 Å². The smallest absolute Gasteiger partial charge is 0.310 e. The van der Waals surface area contributed by atoms with Crippen LogP contribution in [0.1, 0.15) is 81.3 Å². The van der Waals surface area contributed by atoms with Crippen molar-refractivity contribution in [2.45, 2.75) is 71.6 Å². The zero-order chi connectivity index (χ0) is 27.2. The van der Waals surface area contributed by atoms with E-state index in [0.29, 0.717) is 18.5 Å². The molecular formula is C33H40N2O3. The molecule has 2 aromatic carbocycles. The summed E-state index contributed by atoms with van der Waals surface area (Å²) < 4.78 is 0. The van der Waals surface area contributed by atoms with Gasteiger partial charge in [-0.3, -0.25) is 14.6 Å². The number of unbranched alkanes of at least 4 members (excludes halogenated alkanes) is 3. The number of rotatable bonds is 15. The van der Waals surface area contributed by atoms with E-state index in [1.54, 1.807) is 0 Å². The number of carboxylic acids is 1. The minimum atomic E-state index is -1.03. The lowest BCUT2D eigenvalue weighted by atomic mass is 9.79. The van der Waals surface area contributed by atoms with Crippen LogP contribution in [0.25, 0.3) is 12.2 Å². The molecule has 1 heterocycles. The summed E-state index contributed by atoms with van der Waals surface area (Å²) in [5.74, 6) is -1.21. The van der Waals surface area contributed by atoms with Gasteiger partial charge in [-0.1, -0.05) is 81.3 Å². The van der Waals surface area contributed by atoms with Crippen LogP contribution >= 0.6 is 0 Å². The molecule has 0 saturated carbocycles. The van der Waals surface area contributed by atoms with Crippen molar-refractivity contribution in [3.8, 4) is 0 Å². The van der Waals surface area contributed by atoms with Gasteiger partial charge in [0.1, 0.15) is 0 Å². The van der Waals surface area contributed by atoms with Crippen molar-refractivity contribution in [2.24, 2.45) is 5.41 Å². The van der Waals surface area contributed by atoms with Crippen LogP contribution in [0.5, 0.6) is 0 Å². The summed E-state index contributed by atoms with van der Waals surface area (Å²) in [6, 6.07) is 24.3. The molecule has 0 unspecified atom stereocenters. The van der Waals surface area contributed by atoms with Crippen molar-refractivity contribution in [2.75, 3.05) is 5.32 Å². The second kappa shape index (κ2) is 14.9. The van der Waals surface area contributed by atoms with Crippen LogP contribution in [0.3, 0.4) is 0 Å². The molecule has 3 rings (SSSR count). The Kier molecular flexibility index (Phi) is 11.3. The SMILES string of the molecule is CCC(CC)(CC(=O)Nc1cccc(/C=C/c2cccc(CCCCCCc3ccccc3)n2)c1)C(=O)O. The average molecular weight is 513 g/mol. The Balaban J connectivity index is 1.49. The molecule has 0 fully saturated rings. The minimum absolute atomic E-state index is 0.0425. The molecule has 200 valence electrons. The fourth-order valence-corrected chi connectivity index (χ4v) is 4.66. The van der Waals surface area contributed by atoms with Crippen LogP contribution in [0, 0.1) is 5.41 Å². The van der Waals surface area contributed by atoms with Gasteiger partial charge >= 0.3 is 5.97 Å². The van der Waals surface area contributed by atoms with E-state index in [-0.39, 0.29) is 12.3 Å². The van der Waals surface area contributed by atoms with E-state index >= 15 is 0 Å². The van der Waals surface area contributed by atoms with Crippen molar-refractivity contribution < 1.29 is 14.7 Å². The van der Waals surface area contributed by atoms with Crippen LogP contribution in [0.4, 0.5) is 5.69 Å². The van der Waals surface area contributed by atoms with Crippen molar-refractivity contribution in [1.29, 1.82) is 0 Å². The molecule has 0 aliphatic rings. The van der Waals surface area contributed by atoms with E-state index in [1.165, 1.54) is 24.8 Å². The Hall–Kier alpha value is -3.73. The molecule has 0 aliphatic carbocycles. The first kappa shape index (κ1) is 28.8. The molecule has 1 amide bonds. The number of amides is 1. The molecule has 0 saturated heterocycles. The highest BCUT2D eigenvalue weighted by Crippen LogP contribution is 2.31. The molecule has 0 spiro atoms. The molecule has 5 nitrogen and oxygen atoms in total. The third-order valence-corrected chi connectivity index (χ3v) is 7.24. The standard InChI is InChI=1S/C33H40N2O3/c1-3-33(4-2,32(37)38)25-31(36)35-30-21-12-17-27(24-30)22-23-29-20-13-19-28(34-29)18-11-6-5-8-14-26-15-9-7-10-16-26/h7,9-10,12-13,15-17,19-24H,3-6,8,11,14,18,25H2,1-2H3,(H,35,36)(H,37,38)/b23-22+. The lowest BCUT2D eigenvalue weighted by molar-refractivity contribution is -0.151. The van der Waals surface area contributed by atoms with Crippen molar-refractivity contribution >= 4 is 29.7 Å². The van der Waals surface area contributed by atoms with Gasteiger partial charge in [0, 0.05) is 17.8 Å². The molecule has 0 radical (unpaired) electrons. The predicted octanol–water partition coefficient (Wildman–Crippen LogP) is 7.82. The van der Waals surface area contributed by atoms with Crippen molar-refractivity contribution in [1.82, 2.24) is 4.98 Å². The molecule has 0 bridgehead atoms. The van der Waals surface area contributed by atoms with Gasteiger partial charge < -0.3 is 10.4 Å². The van der Waals surface area contributed by atoms with E-state index in [9.17, 15) is 14.7 Å². The maximum atomic E-state index is 12.6. The summed E-state index contributed by atoms with van der Waals surface area (Å²) in [5, 5.41) is 12.5. The fraction of sp³-hybridized carbons (Fsp3) is 0.364. The van der Waals surface area contributed by atoms with Crippen LogP contribution in [-0.4, -0.2) is 22.0 Å². The first-order chi connectivity index (χ1) is 18.4. The minimum Gasteiger partial charge on any atom is -0.481 e. The highest BCUT2D eigenvalue weighted by molar-refractivity contribution is 5.94. The third-order valence-electron chi connectivity index (χ3n) is 7.24. The van der Waals surface area contributed by atoms with Crippen LogP contribution in [0.15, 0.2) is 72.8 Å². The highest BCUT2D eigenvalue weighted by Gasteiger charge is 2.37. The van der Waals surface area contributed by atoms with E-state index in [1.807, 2.05) is 62.4 Å². The number of carbonyl (C=O) groups excluding carboxylic acids is 1. The Bertz CT molecular complexity index is 1200. The zero-order valence-corrected chi connectivity index (χ0v) is 22.7. The monoisotopic (exact) mass is 512 g/mol. The van der Waals surface area contributed by atoms with Crippen LogP contribution in [-0.2, 0) is 22.4 Å². The molecule has 2 N–H and O–H groups in total. The normalized spacial score (nSPS) is 11.5. The molecule has 0 atom stereocenters. The second-order valence-electron chi connectivity index (χ2n) is 9.93. The fourth-order valence-electron chi connectivity index (χ4n) is 4.66. The summed E-state index contributed by atoms with van der Waals surface area (Å²) in [4.78, 5) is 29.1. The highest BCUT2D eigenvalue weighted by atomic mass is 16.4. The number of aryl methyl sites for hydroxylation is 2. The van der Waals surface area contributed by atoms with Crippen LogP contribution in [0.2, 0.25) is 0 Å². The Morgan fingerprint density at radius 1 is 0.842 bits per heavy atom. The first-order valence-corrected chi connectivity index (χ1v) is 13.8. The average Bonchev–Trinajstić information content (AvgIpc) is 2.93. The van der Waals surface area contributed by atoms with Crippen molar-refractivity contribution in [3.63, 3.8) is 0 Å². The maximum absolute atomic E-state index is 12.6. The second-order valence-corrected chi connectivity index (χ2v) is 9.93. The number of aliphatic carboxylic acids is 1. The number of anilines is 1. The van der Waals surface area contributed by atoms with Gasteiger partial charge in [-0.25, -0.2) is 0 Å². The molecule has 5 heteroatoms. The van der Waals surface area contributed by atoms with Gasteiger partial charge in [0.25, 0.3) is 0 Å². The number of pyridine rings is 1. The first-order valence-electron chi connectivity index (χ1n) is 13.8. The number of carboxylic acid groups (broad SMARTS) is 1. The van der Waals surface area contributed by atoms with Crippen molar-refractivity contribution in [3.05, 3.63) is 95.3 Å². The maximum Gasteiger partial charge on any atom is 0.310 e. The summed E-state index contributed by atoms with van der Waals surface area (Å²) >= 11 is 0. The van der Waals surface area contributed by atoms with Crippen LogP contribution < -0.4 is 5.32 Å². The number of hydrogen-bond acceptors (Lipinski definition) is 3. The van der Waals surface area contributed by atoms with E-state index in [2.05, 4.69) is 41.7 Å². The number of benzene rings is 2. The molecule has 3 aromatic rings.